The second-order valence-corrected chi connectivity index (χ2v) is 6.34. The van der Waals surface area contributed by atoms with Gasteiger partial charge in [0.15, 0.2) is 0 Å². The van der Waals surface area contributed by atoms with Crippen LogP contribution in [0.5, 0.6) is 0 Å². The van der Waals surface area contributed by atoms with Crippen molar-refractivity contribution in [3.05, 3.63) is 34.9 Å². The van der Waals surface area contributed by atoms with E-state index in [1.807, 2.05) is 0 Å². The lowest BCUT2D eigenvalue weighted by atomic mass is 10.1. The van der Waals surface area contributed by atoms with E-state index in [1.54, 1.807) is 31.2 Å². The van der Waals surface area contributed by atoms with Crippen LogP contribution in [-0.4, -0.2) is 33.2 Å². The maximum Gasteiger partial charge on any atom is 0.224 e. The Kier molecular flexibility index (Phi) is 6.27. The molecule has 0 spiro atoms. The summed E-state index contributed by atoms with van der Waals surface area (Å²) in [6.07, 6.45) is 0.182. The molecule has 0 unspecified atom stereocenters. The number of hydrogen-bond donors (Lipinski definition) is 2. The van der Waals surface area contributed by atoms with Crippen LogP contribution in [-0.2, 0) is 21.2 Å². The molecule has 1 aromatic carbocycles. The van der Waals surface area contributed by atoms with Crippen molar-refractivity contribution >= 4 is 27.5 Å². The Balaban J connectivity index is 2.37. The minimum absolute atomic E-state index is 0.0920. The van der Waals surface area contributed by atoms with Crippen LogP contribution < -0.4 is 10.0 Å². The van der Waals surface area contributed by atoms with Gasteiger partial charge in [-0.3, -0.25) is 4.79 Å². The summed E-state index contributed by atoms with van der Waals surface area (Å²) < 4.78 is 25.0. The van der Waals surface area contributed by atoms with Crippen LogP contribution >= 0.6 is 11.6 Å². The molecule has 0 radical (unpaired) electrons. The quantitative estimate of drug-likeness (QED) is 0.787. The summed E-state index contributed by atoms with van der Waals surface area (Å²) in [5.41, 5.74) is 0.791. The molecule has 0 heterocycles. The first-order chi connectivity index (χ1) is 8.93. The highest BCUT2D eigenvalue weighted by atomic mass is 35.5. The van der Waals surface area contributed by atoms with E-state index >= 15 is 0 Å². The minimum atomic E-state index is -3.29. The van der Waals surface area contributed by atoms with Crippen LogP contribution in [0.25, 0.3) is 0 Å². The molecule has 0 saturated heterocycles. The van der Waals surface area contributed by atoms with Crippen molar-refractivity contribution in [2.45, 2.75) is 13.3 Å². The molecule has 2 N–H and O–H groups in total. The molecular weight excluding hydrogens is 288 g/mol. The van der Waals surface area contributed by atoms with Gasteiger partial charge in [-0.05, 0) is 17.7 Å². The van der Waals surface area contributed by atoms with E-state index < -0.39 is 10.0 Å². The van der Waals surface area contributed by atoms with Crippen LogP contribution in [0, 0.1) is 0 Å². The van der Waals surface area contributed by atoms with Crippen LogP contribution in [0.4, 0.5) is 0 Å². The van der Waals surface area contributed by atoms with Crippen molar-refractivity contribution in [3.8, 4) is 0 Å². The number of nitrogens with one attached hydrogen (secondary N) is 2. The molecule has 0 aromatic heterocycles. The van der Waals surface area contributed by atoms with Gasteiger partial charge >= 0.3 is 0 Å². The number of halogens is 1. The van der Waals surface area contributed by atoms with Gasteiger partial charge in [0.1, 0.15) is 0 Å². The van der Waals surface area contributed by atoms with Crippen LogP contribution in [0.15, 0.2) is 24.3 Å². The molecule has 5 nitrogen and oxygen atoms in total. The Morgan fingerprint density at radius 1 is 1.37 bits per heavy atom. The van der Waals surface area contributed by atoms with Gasteiger partial charge < -0.3 is 5.32 Å². The Hall–Kier alpha value is -1.11. The number of rotatable bonds is 7. The lowest BCUT2D eigenvalue weighted by Crippen LogP contribution is -2.34. The molecule has 0 aliphatic rings. The molecule has 0 aliphatic heterocycles. The van der Waals surface area contributed by atoms with Gasteiger partial charge in [0.25, 0.3) is 0 Å². The summed E-state index contributed by atoms with van der Waals surface area (Å²) in [6.45, 7) is 2.14. The zero-order valence-electron chi connectivity index (χ0n) is 10.6. The van der Waals surface area contributed by atoms with Crippen molar-refractivity contribution in [1.29, 1.82) is 0 Å². The van der Waals surface area contributed by atoms with Crippen molar-refractivity contribution in [1.82, 2.24) is 10.0 Å². The number of benzene rings is 1. The number of carbonyl (C=O) groups is 1. The number of hydrogen-bond acceptors (Lipinski definition) is 3. The molecule has 0 atom stereocenters. The molecular formula is C12H17ClN2O3S. The molecule has 106 valence electrons. The average molecular weight is 305 g/mol. The van der Waals surface area contributed by atoms with E-state index in [-0.39, 0.29) is 24.6 Å². The molecule has 0 aliphatic carbocycles. The van der Waals surface area contributed by atoms with Gasteiger partial charge in [-0.25, -0.2) is 13.1 Å². The zero-order valence-corrected chi connectivity index (χ0v) is 12.2. The number of amides is 1. The third kappa shape index (κ3) is 6.56. The minimum Gasteiger partial charge on any atom is -0.355 e. The first-order valence-corrected chi connectivity index (χ1v) is 7.94. The first-order valence-electron chi connectivity index (χ1n) is 5.91. The third-order valence-corrected chi connectivity index (χ3v) is 4.02. The van der Waals surface area contributed by atoms with Gasteiger partial charge in [-0.1, -0.05) is 30.7 Å². The summed E-state index contributed by atoms with van der Waals surface area (Å²) in [6, 6.07) is 6.99. The van der Waals surface area contributed by atoms with E-state index in [1.165, 1.54) is 0 Å². The highest BCUT2D eigenvalue weighted by molar-refractivity contribution is 7.89. The Labute approximate surface area is 118 Å². The third-order valence-electron chi connectivity index (χ3n) is 2.31. The van der Waals surface area contributed by atoms with Gasteiger partial charge in [0, 0.05) is 18.1 Å². The number of carbonyl (C=O) groups excluding carboxylic acids is 1. The van der Waals surface area contributed by atoms with Crippen molar-refractivity contribution < 1.29 is 13.2 Å². The fraction of sp³-hybridized carbons (Fsp3) is 0.417. The summed E-state index contributed by atoms with van der Waals surface area (Å²) in [5, 5.41) is 3.13. The van der Waals surface area contributed by atoms with Gasteiger partial charge in [-0.15, -0.1) is 0 Å². The lowest BCUT2D eigenvalue weighted by Gasteiger charge is -2.07. The van der Waals surface area contributed by atoms with E-state index in [2.05, 4.69) is 10.0 Å². The second-order valence-electron chi connectivity index (χ2n) is 3.97. The number of sulfonamides is 1. The van der Waals surface area contributed by atoms with Crippen molar-refractivity contribution in [2.75, 3.05) is 18.8 Å². The molecule has 0 bridgehead atoms. The van der Waals surface area contributed by atoms with Crippen LogP contribution in [0.3, 0.4) is 0 Å². The standard InChI is InChI=1S/C12H17ClN2O3S/c1-2-15-19(17,18)7-6-14-12(16)9-10-4-3-5-11(13)8-10/h3-5,8,15H,2,6-7,9H2,1H3,(H,14,16). The molecule has 0 fully saturated rings. The fourth-order valence-electron chi connectivity index (χ4n) is 1.51. The smallest absolute Gasteiger partial charge is 0.224 e. The highest BCUT2D eigenvalue weighted by Crippen LogP contribution is 2.10. The molecule has 7 heteroatoms. The van der Waals surface area contributed by atoms with Crippen molar-refractivity contribution in [3.63, 3.8) is 0 Å². The lowest BCUT2D eigenvalue weighted by molar-refractivity contribution is -0.120. The molecule has 1 aromatic rings. The molecule has 0 saturated carbocycles. The van der Waals surface area contributed by atoms with Crippen molar-refractivity contribution in [2.24, 2.45) is 0 Å². The Morgan fingerprint density at radius 3 is 2.74 bits per heavy atom. The second kappa shape index (κ2) is 7.47. The molecule has 1 amide bonds. The SMILES string of the molecule is CCNS(=O)(=O)CCNC(=O)Cc1cccc(Cl)c1. The summed E-state index contributed by atoms with van der Waals surface area (Å²) in [5.74, 6) is -0.351. The predicted molar refractivity (Wildman–Crippen MR) is 75.6 cm³/mol. The largest absolute Gasteiger partial charge is 0.355 e. The molecule has 1 rings (SSSR count). The monoisotopic (exact) mass is 304 g/mol. The van der Waals surface area contributed by atoms with E-state index in [0.29, 0.717) is 11.6 Å². The summed E-state index contributed by atoms with van der Waals surface area (Å²) in [4.78, 5) is 11.6. The highest BCUT2D eigenvalue weighted by Gasteiger charge is 2.09. The van der Waals surface area contributed by atoms with Crippen LogP contribution in [0.1, 0.15) is 12.5 Å². The van der Waals surface area contributed by atoms with E-state index in [4.69, 9.17) is 11.6 Å². The fourth-order valence-corrected chi connectivity index (χ4v) is 2.68. The first kappa shape index (κ1) is 15.9. The summed E-state index contributed by atoms with van der Waals surface area (Å²) >= 11 is 5.81. The van der Waals surface area contributed by atoms with Gasteiger partial charge in [0.2, 0.25) is 15.9 Å². The maximum atomic E-state index is 11.6. The average Bonchev–Trinajstić information content (AvgIpc) is 2.28. The normalized spacial score (nSPS) is 11.3. The summed E-state index contributed by atoms with van der Waals surface area (Å²) in [7, 11) is -3.29. The Morgan fingerprint density at radius 2 is 2.11 bits per heavy atom. The topological polar surface area (TPSA) is 75.3 Å². The molecule has 19 heavy (non-hydrogen) atoms. The van der Waals surface area contributed by atoms with Gasteiger partial charge in [-0.2, -0.15) is 0 Å². The van der Waals surface area contributed by atoms with Crippen LogP contribution in [0.2, 0.25) is 5.02 Å². The Bertz CT molecular complexity index is 532. The predicted octanol–water partition coefficient (Wildman–Crippen LogP) is 0.938. The van der Waals surface area contributed by atoms with Gasteiger partial charge in [0.05, 0.1) is 12.2 Å². The zero-order chi connectivity index (χ0) is 14.3. The maximum absolute atomic E-state index is 11.6. The van der Waals surface area contributed by atoms with E-state index in [0.717, 1.165) is 5.56 Å². The van der Waals surface area contributed by atoms with E-state index in [9.17, 15) is 13.2 Å².